The molecule has 0 radical (unpaired) electrons. The summed E-state index contributed by atoms with van der Waals surface area (Å²) >= 11 is 0. The van der Waals surface area contributed by atoms with Gasteiger partial charge in [-0.1, -0.05) is 296 Å². The van der Waals surface area contributed by atoms with E-state index in [1.165, 1.54) is 38.5 Å². The van der Waals surface area contributed by atoms with Crippen molar-refractivity contribution in [1.29, 1.82) is 0 Å². The number of unbranched alkanes of at least 4 members (excludes halogenated alkanes) is 44. The summed E-state index contributed by atoms with van der Waals surface area (Å²) in [7, 11) is 0. The molecule has 0 amide bonds. The Kier molecular flexibility index (Phi) is 64.6. The minimum Gasteiger partial charge on any atom is -0.481 e. The fourth-order valence-electron chi connectivity index (χ4n) is 12.3. The third-order valence-corrected chi connectivity index (χ3v) is 18.7. The van der Waals surface area contributed by atoms with Gasteiger partial charge in [-0.3, -0.25) is 43.2 Å². The second kappa shape index (κ2) is 65.2. The molecule has 0 aliphatic carbocycles. The van der Waals surface area contributed by atoms with Crippen molar-refractivity contribution in [3.05, 3.63) is 12.7 Å². The predicted octanol–water partition coefficient (Wildman–Crippen LogP) is 19.9. The lowest BCUT2D eigenvalue weighted by Gasteiger charge is -2.25. The molecule has 550 valence electrons. The molecular formula is C75H136O19. The minimum absolute atomic E-state index is 0.182. The molecule has 0 spiro atoms. The lowest BCUT2D eigenvalue weighted by atomic mass is 9.78. The average Bonchev–Trinajstić information content (AvgIpc) is 0.857. The zero-order valence-electron chi connectivity index (χ0n) is 58.9. The van der Waals surface area contributed by atoms with E-state index in [2.05, 4.69) is 13.5 Å². The number of aliphatic carboxylic acids is 9. The fourth-order valence-corrected chi connectivity index (χ4v) is 12.3. The number of carboxylic acid groups (broad SMARTS) is 9. The smallest absolute Gasteiger partial charge is 0.321 e. The van der Waals surface area contributed by atoms with Gasteiger partial charge in [-0.2, -0.15) is 0 Å². The van der Waals surface area contributed by atoms with Crippen LogP contribution in [0.5, 0.6) is 0 Å². The van der Waals surface area contributed by atoms with Crippen molar-refractivity contribution in [2.24, 2.45) is 16.2 Å². The maximum Gasteiger partial charge on any atom is 0.321 e. The molecule has 19 nitrogen and oxygen atoms in total. The van der Waals surface area contributed by atoms with Crippen molar-refractivity contribution in [1.82, 2.24) is 0 Å². The highest BCUT2D eigenvalue weighted by Gasteiger charge is 2.47. The van der Waals surface area contributed by atoms with Crippen LogP contribution in [0.15, 0.2) is 12.7 Å². The number of carbonyl (C=O) groups is 9. The van der Waals surface area contributed by atoms with Crippen LogP contribution in [-0.2, 0) is 43.2 Å². The van der Waals surface area contributed by atoms with Crippen molar-refractivity contribution in [3.8, 4) is 0 Å². The molecule has 0 fully saturated rings. The lowest BCUT2D eigenvalue weighted by molar-refractivity contribution is -0.168. The van der Waals surface area contributed by atoms with E-state index in [9.17, 15) is 73.8 Å². The number of hydrogen-bond donors (Lipinski definition) is 10. The predicted molar refractivity (Wildman–Crippen MR) is 371 cm³/mol. The number of carboxylic acids is 9. The zero-order valence-corrected chi connectivity index (χ0v) is 58.9. The number of allylic oxidation sites excluding steroid dienone is 1. The Bertz CT molecular complexity index is 1890. The van der Waals surface area contributed by atoms with E-state index in [0.29, 0.717) is 57.8 Å². The summed E-state index contributed by atoms with van der Waals surface area (Å²) in [6.45, 7) is 6.17. The van der Waals surface area contributed by atoms with E-state index >= 15 is 0 Å². The van der Waals surface area contributed by atoms with Crippen LogP contribution in [-0.4, -0.2) is 111 Å². The summed E-state index contributed by atoms with van der Waals surface area (Å²) in [5.41, 5.74) is -4.96. The molecule has 0 aliphatic rings. The zero-order chi connectivity index (χ0) is 70.8. The van der Waals surface area contributed by atoms with Crippen LogP contribution in [0.3, 0.4) is 0 Å². The van der Waals surface area contributed by atoms with Crippen LogP contribution in [0.4, 0.5) is 0 Å². The SMILES string of the molecule is C=CCCCCCCCCCC(CCCCCCCCCCC(=O)O)(C(=O)O)C(=O)O.CCCCCCCCCCCC(CCCCCCCCCCC(=O)O)(C(=O)O)C(=O)O.O=C(O)CCCCCCCCCCC(CCCCCCCCCCCO)(C(=O)O)C(=O)O. The highest BCUT2D eigenvalue weighted by molar-refractivity contribution is 5.99. The van der Waals surface area contributed by atoms with E-state index in [1.54, 1.807) is 0 Å². The van der Waals surface area contributed by atoms with E-state index in [-0.39, 0.29) is 64.4 Å². The van der Waals surface area contributed by atoms with Gasteiger partial charge >= 0.3 is 53.7 Å². The summed E-state index contributed by atoms with van der Waals surface area (Å²) in [6.07, 6.45) is 52.2. The Balaban J connectivity index is -0.00000132. The molecular weight excluding hydrogens is 1200 g/mol. The van der Waals surface area contributed by atoms with E-state index in [1.807, 2.05) is 6.08 Å². The number of hydrogen-bond acceptors (Lipinski definition) is 10. The standard InChI is InChI=1S/C25H46O7.C25H46O6.C25H44O6/c26-21-17-13-9-5-1-3-7-11-15-19-25(23(29)30,24(31)32)20-16-12-8-4-2-6-10-14-18-22(27)28;2*1-2-3-4-5-6-8-11-14-17-20-25(23(28)29,24(30)31)21-18-15-12-9-7-10-13-16-19-22(26)27/h26H,1-21H2,(H,27,28)(H,29,30)(H,31,32);2-21H2,1H3,(H,26,27)(H,28,29)(H,30,31);2H,1,3-21H2,(H,26,27)(H,28,29)(H,30,31). The first-order valence-electron chi connectivity index (χ1n) is 37.4. The molecule has 10 N–H and O–H groups in total. The number of aliphatic hydroxyl groups excluding tert-OH is 1. The Morgan fingerprint density at radius 3 is 0.564 bits per heavy atom. The highest BCUT2D eigenvalue weighted by atomic mass is 16.4. The van der Waals surface area contributed by atoms with Crippen LogP contribution in [0.1, 0.15) is 386 Å². The third-order valence-electron chi connectivity index (χ3n) is 18.7. The molecule has 0 aromatic heterocycles. The third kappa shape index (κ3) is 53.1. The topological polar surface area (TPSA) is 356 Å². The van der Waals surface area contributed by atoms with Gasteiger partial charge in [-0.15, -0.1) is 6.58 Å². The molecule has 0 atom stereocenters. The second-order valence-corrected chi connectivity index (χ2v) is 26.8. The fraction of sp³-hybridized carbons (Fsp3) is 0.853. The first kappa shape index (κ1) is 93.1. The van der Waals surface area contributed by atoms with E-state index in [4.69, 9.17) is 20.4 Å². The van der Waals surface area contributed by atoms with Gasteiger partial charge in [-0.05, 0) is 77.0 Å². The molecule has 0 rings (SSSR count). The van der Waals surface area contributed by atoms with Gasteiger partial charge in [0.25, 0.3) is 0 Å². The van der Waals surface area contributed by atoms with Crippen LogP contribution in [0.25, 0.3) is 0 Å². The quantitative estimate of drug-likeness (QED) is 0.0154. The summed E-state index contributed by atoms with van der Waals surface area (Å²) in [6, 6.07) is 0. The average molecular weight is 1340 g/mol. The summed E-state index contributed by atoms with van der Waals surface area (Å²) < 4.78 is 0. The molecule has 94 heavy (non-hydrogen) atoms. The number of rotatable bonds is 70. The van der Waals surface area contributed by atoms with Crippen molar-refractivity contribution >= 4 is 53.7 Å². The van der Waals surface area contributed by atoms with Crippen LogP contribution in [0, 0.1) is 16.2 Å². The van der Waals surface area contributed by atoms with Crippen molar-refractivity contribution in [2.75, 3.05) is 6.61 Å². The Labute approximate surface area is 566 Å². The van der Waals surface area contributed by atoms with Gasteiger partial charge in [-0.25, -0.2) is 0 Å². The van der Waals surface area contributed by atoms with Crippen LogP contribution in [0.2, 0.25) is 0 Å². The monoisotopic (exact) mass is 1340 g/mol. The maximum absolute atomic E-state index is 11.8. The van der Waals surface area contributed by atoms with Gasteiger partial charge in [0.05, 0.1) is 0 Å². The Morgan fingerprint density at radius 1 is 0.245 bits per heavy atom. The maximum atomic E-state index is 11.8. The van der Waals surface area contributed by atoms with Crippen LogP contribution >= 0.6 is 0 Å². The van der Waals surface area contributed by atoms with Crippen molar-refractivity contribution in [3.63, 3.8) is 0 Å². The molecule has 19 heteroatoms. The molecule has 0 aromatic carbocycles. The summed E-state index contributed by atoms with van der Waals surface area (Å²) in [5.74, 6) is -9.49. The van der Waals surface area contributed by atoms with E-state index in [0.717, 1.165) is 225 Å². The highest BCUT2D eigenvalue weighted by Crippen LogP contribution is 2.36. The molecule has 0 heterocycles. The van der Waals surface area contributed by atoms with Gasteiger partial charge in [0, 0.05) is 25.9 Å². The van der Waals surface area contributed by atoms with Crippen molar-refractivity contribution < 1.29 is 94.2 Å². The lowest BCUT2D eigenvalue weighted by Crippen LogP contribution is -2.39. The van der Waals surface area contributed by atoms with Gasteiger partial charge in [0.1, 0.15) is 0 Å². The first-order chi connectivity index (χ1) is 45.1. The normalized spacial score (nSPS) is 11.5. The van der Waals surface area contributed by atoms with Gasteiger partial charge in [0.15, 0.2) is 16.2 Å². The molecule has 0 saturated heterocycles. The summed E-state index contributed by atoms with van der Waals surface area (Å²) in [5, 5.41) is 92.5. The Hall–Kier alpha value is -5.07. The molecule has 0 aromatic rings. The molecule has 0 bridgehead atoms. The largest absolute Gasteiger partial charge is 0.481 e. The number of aliphatic hydroxyl groups is 1. The molecule has 0 saturated carbocycles. The van der Waals surface area contributed by atoms with E-state index < -0.39 is 70.0 Å². The van der Waals surface area contributed by atoms with Gasteiger partial charge in [0.2, 0.25) is 0 Å². The van der Waals surface area contributed by atoms with Crippen LogP contribution < -0.4 is 0 Å². The van der Waals surface area contributed by atoms with Crippen molar-refractivity contribution in [2.45, 2.75) is 386 Å². The Morgan fingerprint density at radius 2 is 0.404 bits per heavy atom. The molecule has 0 aliphatic heterocycles. The first-order valence-corrected chi connectivity index (χ1v) is 37.4. The minimum atomic E-state index is -1.67. The summed E-state index contributed by atoms with van der Waals surface area (Å²) in [4.78, 5) is 102. The van der Waals surface area contributed by atoms with Gasteiger partial charge < -0.3 is 51.1 Å². The second-order valence-electron chi connectivity index (χ2n) is 26.8. The molecule has 0 unspecified atom stereocenters.